The van der Waals surface area contributed by atoms with E-state index in [4.69, 9.17) is 4.74 Å². The van der Waals surface area contributed by atoms with E-state index >= 15 is 0 Å². The van der Waals surface area contributed by atoms with Crippen LogP contribution in [0.1, 0.15) is 38.5 Å². The molecule has 1 aliphatic heterocycles. The number of anilines is 3. The maximum Gasteiger partial charge on any atom is 0.411 e. The molecule has 168 valence electrons. The Morgan fingerprint density at radius 3 is 2.41 bits per heavy atom. The van der Waals surface area contributed by atoms with Gasteiger partial charge in [-0.15, -0.1) is 0 Å². The first-order valence-electron chi connectivity index (χ1n) is 11.4. The van der Waals surface area contributed by atoms with Gasteiger partial charge in [0.25, 0.3) is 5.91 Å². The molecule has 1 saturated heterocycles. The summed E-state index contributed by atoms with van der Waals surface area (Å²) in [4.78, 5) is 31.3. The van der Waals surface area contributed by atoms with Gasteiger partial charge in [0.15, 0.2) is 0 Å². The number of rotatable bonds is 6. The highest BCUT2D eigenvalue weighted by Gasteiger charge is 2.21. The number of allylic oxidation sites excluding steroid dienone is 1. The number of piperidine rings is 1. The largest absolute Gasteiger partial charge is 0.449 e. The van der Waals surface area contributed by atoms with Crippen LogP contribution in [0.2, 0.25) is 0 Å². The van der Waals surface area contributed by atoms with Gasteiger partial charge in [0.1, 0.15) is 0 Å². The normalized spacial score (nSPS) is 16.8. The van der Waals surface area contributed by atoms with Crippen LogP contribution in [0.15, 0.2) is 60.4 Å². The molecule has 0 bridgehead atoms. The lowest BCUT2D eigenvalue weighted by Crippen LogP contribution is -2.35. The number of amides is 2. The van der Waals surface area contributed by atoms with Crippen LogP contribution >= 0.6 is 0 Å². The summed E-state index contributed by atoms with van der Waals surface area (Å²) >= 11 is 0. The van der Waals surface area contributed by atoms with E-state index in [0.29, 0.717) is 23.9 Å². The molecular formula is C25H30N4O3. The fourth-order valence-corrected chi connectivity index (χ4v) is 4.20. The van der Waals surface area contributed by atoms with E-state index in [-0.39, 0.29) is 5.91 Å². The minimum absolute atomic E-state index is 0.103. The lowest BCUT2D eigenvalue weighted by Gasteiger charge is -2.33. The number of nitrogens with one attached hydrogen (secondary N) is 2. The van der Waals surface area contributed by atoms with Crippen molar-refractivity contribution in [3.63, 3.8) is 0 Å². The number of nitrogens with zero attached hydrogens (tertiary/aromatic N) is 2. The Kier molecular flexibility index (Phi) is 7.38. The van der Waals surface area contributed by atoms with Crippen LogP contribution in [0.5, 0.6) is 0 Å². The van der Waals surface area contributed by atoms with E-state index in [1.807, 2.05) is 30.3 Å². The van der Waals surface area contributed by atoms with Gasteiger partial charge in [0.2, 0.25) is 0 Å². The van der Waals surface area contributed by atoms with Gasteiger partial charge < -0.3 is 15.0 Å². The van der Waals surface area contributed by atoms with Crippen molar-refractivity contribution in [2.45, 2.75) is 38.5 Å². The van der Waals surface area contributed by atoms with Gasteiger partial charge >= 0.3 is 6.09 Å². The quantitative estimate of drug-likeness (QED) is 0.670. The van der Waals surface area contributed by atoms with Crippen LogP contribution in [-0.4, -0.2) is 36.7 Å². The summed E-state index contributed by atoms with van der Waals surface area (Å²) in [5.74, 6) is 0.236. The van der Waals surface area contributed by atoms with E-state index < -0.39 is 6.09 Å². The maximum absolute atomic E-state index is 12.5. The molecule has 2 aliphatic rings. The molecule has 0 spiro atoms. The van der Waals surface area contributed by atoms with Gasteiger partial charge in [0.05, 0.1) is 18.0 Å². The number of carbonyl (C=O) groups excluding carboxylic acids is 2. The molecule has 0 atom stereocenters. The number of para-hydroxylation sites is 2. The topological polar surface area (TPSA) is 83.6 Å². The van der Waals surface area contributed by atoms with Crippen molar-refractivity contribution in [3.05, 3.63) is 60.4 Å². The highest BCUT2D eigenvalue weighted by molar-refractivity contribution is 6.06. The highest BCUT2D eigenvalue weighted by Crippen LogP contribution is 2.25. The van der Waals surface area contributed by atoms with Crippen LogP contribution in [0, 0.1) is 5.92 Å². The van der Waals surface area contributed by atoms with Gasteiger partial charge in [-0.3, -0.25) is 15.1 Å². The van der Waals surface area contributed by atoms with E-state index in [9.17, 15) is 9.59 Å². The fourth-order valence-electron chi connectivity index (χ4n) is 4.20. The van der Waals surface area contributed by atoms with Gasteiger partial charge in [-0.05, 0) is 68.7 Å². The van der Waals surface area contributed by atoms with Crippen molar-refractivity contribution in [2.24, 2.45) is 5.92 Å². The Morgan fingerprint density at radius 2 is 1.72 bits per heavy atom. The van der Waals surface area contributed by atoms with Crippen molar-refractivity contribution in [1.29, 1.82) is 0 Å². The molecule has 4 rings (SSSR count). The van der Waals surface area contributed by atoms with Crippen LogP contribution in [0.4, 0.5) is 21.9 Å². The average molecular weight is 435 g/mol. The van der Waals surface area contributed by atoms with Crippen LogP contribution < -0.4 is 15.5 Å². The molecule has 0 unspecified atom stereocenters. The second kappa shape index (κ2) is 10.8. The molecule has 2 N–H and O–H groups in total. The molecule has 1 aromatic heterocycles. The van der Waals surface area contributed by atoms with Crippen molar-refractivity contribution in [2.75, 3.05) is 35.2 Å². The lowest BCUT2D eigenvalue weighted by molar-refractivity contribution is -0.113. The molecule has 7 heteroatoms. The minimum Gasteiger partial charge on any atom is -0.449 e. The monoisotopic (exact) mass is 434 g/mol. The maximum atomic E-state index is 12.5. The second-order valence-electron chi connectivity index (χ2n) is 8.33. The second-order valence-corrected chi connectivity index (χ2v) is 8.33. The zero-order chi connectivity index (χ0) is 22.2. The third-order valence-corrected chi connectivity index (χ3v) is 6.09. The molecule has 2 amide bonds. The third-order valence-electron chi connectivity index (χ3n) is 6.09. The summed E-state index contributed by atoms with van der Waals surface area (Å²) in [6.45, 7) is 2.26. The molecule has 1 aromatic carbocycles. The number of ether oxygens (including phenoxy) is 1. The molecule has 1 aliphatic carbocycles. The Labute approximate surface area is 188 Å². The molecule has 1 fully saturated rings. The Balaban J connectivity index is 1.25. The lowest BCUT2D eigenvalue weighted by atomic mass is 9.97. The fraction of sp³-hybridized carbons (Fsp3) is 0.400. The Morgan fingerprint density at radius 1 is 1.00 bits per heavy atom. The summed E-state index contributed by atoms with van der Waals surface area (Å²) in [6, 6.07) is 11.2. The number of carbonyl (C=O) groups is 2. The first-order chi connectivity index (χ1) is 15.7. The Bertz CT molecular complexity index is 953. The van der Waals surface area contributed by atoms with Crippen molar-refractivity contribution in [1.82, 2.24) is 4.98 Å². The molecule has 0 saturated carbocycles. The smallest absolute Gasteiger partial charge is 0.411 e. The highest BCUT2D eigenvalue weighted by atomic mass is 16.5. The average Bonchev–Trinajstić information content (AvgIpc) is 2.85. The van der Waals surface area contributed by atoms with Crippen LogP contribution in [-0.2, 0) is 9.53 Å². The number of benzene rings is 1. The molecule has 2 heterocycles. The summed E-state index contributed by atoms with van der Waals surface area (Å²) in [5.41, 5.74) is 3.10. The first kappa shape index (κ1) is 21.9. The van der Waals surface area contributed by atoms with Crippen molar-refractivity contribution in [3.8, 4) is 0 Å². The predicted octanol–water partition coefficient (Wildman–Crippen LogP) is 4.99. The first-order valence-corrected chi connectivity index (χ1v) is 11.4. The Hall–Kier alpha value is -3.35. The molecular weight excluding hydrogens is 404 g/mol. The van der Waals surface area contributed by atoms with Crippen molar-refractivity contribution < 1.29 is 14.3 Å². The molecule has 2 aromatic rings. The number of pyridine rings is 1. The van der Waals surface area contributed by atoms with Gasteiger partial charge in [0, 0.05) is 36.7 Å². The zero-order valence-corrected chi connectivity index (χ0v) is 18.3. The summed E-state index contributed by atoms with van der Waals surface area (Å²) in [5, 5.41) is 5.70. The van der Waals surface area contributed by atoms with E-state index in [1.165, 1.54) is 5.69 Å². The van der Waals surface area contributed by atoms with Crippen LogP contribution in [0.25, 0.3) is 0 Å². The SMILES string of the molecule is O=C(Nc1ccccc1NC(=O)C1=CCCCC1)OCC1CCN(c2ccncc2)CC1. The number of hydrogen-bond acceptors (Lipinski definition) is 5. The molecule has 7 nitrogen and oxygen atoms in total. The van der Waals surface area contributed by atoms with E-state index in [2.05, 4.69) is 20.5 Å². The number of aromatic nitrogens is 1. The summed E-state index contributed by atoms with van der Waals surface area (Å²) in [7, 11) is 0. The van der Waals surface area contributed by atoms with E-state index in [0.717, 1.165) is 57.2 Å². The molecule has 0 radical (unpaired) electrons. The standard InChI is InChI=1S/C25H30N4O3/c30-24(20-6-2-1-3-7-20)27-22-8-4-5-9-23(22)28-25(31)32-18-19-12-16-29(17-13-19)21-10-14-26-15-11-21/h4-6,8-11,14-15,19H,1-3,7,12-13,16-18H2,(H,27,30)(H,28,31). The van der Waals surface area contributed by atoms with Crippen molar-refractivity contribution >= 4 is 29.1 Å². The third kappa shape index (κ3) is 5.87. The molecule has 32 heavy (non-hydrogen) atoms. The van der Waals surface area contributed by atoms with Crippen LogP contribution in [0.3, 0.4) is 0 Å². The van der Waals surface area contributed by atoms with Gasteiger partial charge in [-0.2, -0.15) is 0 Å². The predicted molar refractivity (Wildman–Crippen MR) is 126 cm³/mol. The van der Waals surface area contributed by atoms with Gasteiger partial charge in [-0.1, -0.05) is 18.2 Å². The zero-order valence-electron chi connectivity index (χ0n) is 18.3. The summed E-state index contributed by atoms with van der Waals surface area (Å²) in [6.07, 6.45) is 11.0. The van der Waals surface area contributed by atoms with Gasteiger partial charge in [-0.25, -0.2) is 4.79 Å². The number of hydrogen-bond donors (Lipinski definition) is 2. The van der Waals surface area contributed by atoms with E-state index in [1.54, 1.807) is 24.5 Å². The summed E-state index contributed by atoms with van der Waals surface area (Å²) < 4.78 is 5.50. The minimum atomic E-state index is -0.500.